The second kappa shape index (κ2) is 43.8. The van der Waals surface area contributed by atoms with Crippen LogP contribution in [0.3, 0.4) is 0 Å². The van der Waals surface area contributed by atoms with Crippen molar-refractivity contribution in [2.24, 2.45) is 9.98 Å². The number of carbonyl (C=O) groups excluding carboxylic acids is 2. The molecule has 0 saturated carbocycles. The number of aryl methyl sites for hydroxylation is 2. The van der Waals surface area contributed by atoms with Gasteiger partial charge in [-0.25, -0.2) is 20.0 Å². The minimum Gasteiger partial charge on any atom is -0.481 e. The number of carboxylic acid groups (broad SMARTS) is 1. The Labute approximate surface area is 832 Å². The number of hydrogen-bond donors (Lipinski definition) is 20. The number of fused-ring (bicyclic) bond motifs is 14. The van der Waals surface area contributed by atoms with Crippen LogP contribution in [0.1, 0.15) is 160 Å². The predicted molar refractivity (Wildman–Crippen MR) is 520 cm³/mol. The first kappa shape index (κ1) is 106. The van der Waals surface area contributed by atoms with Crippen molar-refractivity contribution in [1.29, 1.82) is 0 Å². The van der Waals surface area contributed by atoms with Gasteiger partial charge in [-0.15, -0.1) is 0 Å². The van der Waals surface area contributed by atoms with Gasteiger partial charge >= 0.3 is 17.9 Å². The van der Waals surface area contributed by atoms with E-state index in [1.165, 1.54) is 0 Å². The molecule has 30 atom stereocenters. The van der Waals surface area contributed by atoms with Crippen LogP contribution in [0.4, 0.5) is 0 Å². The summed E-state index contributed by atoms with van der Waals surface area (Å²) in [7, 11) is 0. The first-order valence-electron chi connectivity index (χ1n) is 48.4. The second-order valence-electron chi connectivity index (χ2n) is 38.2. The quantitative estimate of drug-likeness (QED) is 0.0495. The molecule has 31 heterocycles. The molecule has 30 unspecified atom stereocenters. The highest BCUT2D eigenvalue weighted by atomic mass is 16.8. The fourth-order valence-corrected chi connectivity index (χ4v) is 21.1. The van der Waals surface area contributed by atoms with Gasteiger partial charge in [0, 0.05) is 75.0 Å². The molecule has 4 aromatic rings. The molecule has 28 bridgehead atoms. The van der Waals surface area contributed by atoms with Crippen molar-refractivity contribution >= 4 is 104 Å². The number of carbonyl (C=O) groups is 3. The van der Waals surface area contributed by atoms with Crippen LogP contribution in [0, 0.1) is 20.8 Å². The van der Waals surface area contributed by atoms with E-state index < -0.39 is 248 Å². The third-order valence-corrected chi connectivity index (χ3v) is 29.6. The lowest BCUT2D eigenvalue weighted by Gasteiger charge is -2.50. The fourth-order valence-electron chi connectivity index (χ4n) is 21.1. The van der Waals surface area contributed by atoms with E-state index in [-0.39, 0.29) is 32.1 Å². The highest BCUT2D eigenvalue weighted by molar-refractivity contribution is 6.17. The van der Waals surface area contributed by atoms with E-state index in [1.54, 1.807) is 31.2 Å². The van der Waals surface area contributed by atoms with E-state index in [4.69, 9.17) is 86.3 Å². The lowest BCUT2D eigenvalue weighted by molar-refractivity contribution is -0.404. The van der Waals surface area contributed by atoms with Gasteiger partial charge in [-0.2, -0.15) is 0 Å². The number of nitrogens with zero attached hydrogens (tertiary/aromatic N) is 4. The molecule has 0 amide bonds. The second-order valence-corrected chi connectivity index (χ2v) is 38.2. The zero-order chi connectivity index (χ0) is 104. The first-order valence-corrected chi connectivity index (χ1v) is 48.4. The summed E-state index contributed by atoms with van der Waals surface area (Å²) in [6.45, 7) is 27.6. The summed E-state index contributed by atoms with van der Waals surface area (Å²) in [5, 5.41) is 200. The number of aromatic nitrogens is 5. The van der Waals surface area contributed by atoms with Crippen molar-refractivity contribution in [2.75, 3.05) is 39.6 Å². The SMILES string of the molecule is C=CC1=C(C)C2=NC1=Cc1[nH]c(c(C=C)c1C)C=C1CC(=CC3=NC(=C2)C(C)=C3CCC(=O)OCC2OC3OC4C(CO)OC(OC5C(CO)OC(OC6C(COC(=O)CCC7=C(C)c8cc9[nH]c(cc%10[nH]c(cc%11nc(cc7n8)C(CCC(=O)O)=C%11C)c(C)c%10C=C)c(C)c9C=C)OC(OC7C(CO)OC(OC8C(CO)OC(OC2C(O)C3O)C(O)C8O)C(O)C7O)C(O)C6O)C(O)C5O)C(O)C4O)C(CC)=C1C. The van der Waals surface area contributed by atoms with Gasteiger partial charge in [0.1, 0.15) is 160 Å². The van der Waals surface area contributed by atoms with Crippen molar-refractivity contribution < 1.29 is 168 Å². The van der Waals surface area contributed by atoms with Crippen LogP contribution in [0.25, 0.3) is 74.7 Å². The van der Waals surface area contributed by atoms with Gasteiger partial charge in [-0.3, -0.25) is 14.4 Å². The molecule has 41 heteroatoms. The van der Waals surface area contributed by atoms with Crippen molar-refractivity contribution in [3.63, 3.8) is 0 Å². The third-order valence-electron chi connectivity index (χ3n) is 29.6. The van der Waals surface area contributed by atoms with E-state index >= 15 is 0 Å². The summed E-state index contributed by atoms with van der Waals surface area (Å²) in [4.78, 5) is 72.6. The smallest absolute Gasteiger partial charge is 0.306 e. The predicted octanol–water partition coefficient (Wildman–Crippen LogP) is 3.95. The number of aliphatic hydroxyl groups is 16. The molecule has 4 aromatic heterocycles. The van der Waals surface area contributed by atoms with Gasteiger partial charge in [-0.05, 0) is 214 Å². The maximum Gasteiger partial charge on any atom is 0.306 e. The molecule has 27 aliphatic heterocycles. The Morgan fingerprint density at radius 1 is 0.366 bits per heavy atom. The Kier molecular flexibility index (Phi) is 32.0. The Bertz CT molecular complexity index is 6290. The number of aromatic amines is 3. The fraction of sp³-hybridized carbons (Fsp3) is 0.510. The molecular formula is C104H125N7O34. The Morgan fingerprint density at radius 2 is 0.745 bits per heavy atom. The Morgan fingerprint density at radius 3 is 1.14 bits per heavy atom. The van der Waals surface area contributed by atoms with Crippen molar-refractivity contribution in [3.05, 3.63) is 192 Å². The maximum absolute atomic E-state index is 14.6. The van der Waals surface area contributed by atoms with Crippen LogP contribution in [-0.2, 0) is 80.7 Å². The standard InChI is InChI=1S/C104H125N7O34/c1-14-50-40(6)48-25-49(50)27-66-56(46(12)60(106-66)28-58-42(8)52(16-3)67(107-58)30-62-41(7)51(15-2)65(26-48)105-62)20-23-79(118)132-38-76-97-85(124)91(130)103(138-76)142-95-74(36-114)134-99(87(126)81(95)120)141-94-73(35-113)137-102(90(129)84(94)123)145-98-77(139-104(92(131)86(98)125)143-96-75(37-115)135-100(88(127)82(96)121)140-93-72(34-112)136-101(144-97)89(128)83(93)122)39-133-80(119)24-21-57-47(13)64-32-69-54(18-5)44(10)63(109-69)31-68-53(17-4)43(9)59(108-68)29-61-45(11)55(19-22-78(116)117)70(110-61)33-71(57)111-64/h15-18,26-33,72-77,81-105,108-109,112-115,120-131H,2-5,14,19-25,34-39H2,1,6-13H3,(H,116,117). The minimum atomic E-state index is -2.35. The summed E-state index contributed by atoms with van der Waals surface area (Å²) < 4.78 is 85.4. The van der Waals surface area contributed by atoms with Gasteiger partial charge in [0.05, 0.1) is 72.0 Å². The summed E-state index contributed by atoms with van der Waals surface area (Å²) in [6.07, 6.45) is -48.9. The van der Waals surface area contributed by atoms with Gasteiger partial charge in [0.2, 0.25) is 0 Å². The average Bonchev–Trinajstić information content (AvgIpc) is 1.66. The molecule has 22 fully saturated rings. The molecule has 780 valence electrons. The molecule has 22 saturated heterocycles. The molecule has 0 radical (unpaired) electrons. The molecule has 0 aromatic carbocycles. The van der Waals surface area contributed by atoms with Crippen molar-refractivity contribution in [1.82, 2.24) is 24.9 Å². The van der Waals surface area contributed by atoms with E-state index in [0.717, 1.165) is 94.8 Å². The molecule has 20 N–H and O–H groups in total. The van der Waals surface area contributed by atoms with Gasteiger partial charge in [0.15, 0.2) is 37.7 Å². The van der Waals surface area contributed by atoms with Crippen LogP contribution in [-0.4, -0.2) is 365 Å². The minimum absolute atomic E-state index is 0.0188. The number of allylic oxidation sites excluding steroid dienone is 14. The maximum atomic E-state index is 14.6. The van der Waals surface area contributed by atoms with Gasteiger partial charge < -0.3 is 168 Å². The zero-order valence-electron chi connectivity index (χ0n) is 81.3. The first-order chi connectivity index (χ1) is 69.3. The summed E-state index contributed by atoms with van der Waals surface area (Å²) >= 11 is 0. The average molecular weight is 2020 g/mol. The number of rotatable bonds is 22. The number of carboxylic acids is 1. The normalized spacial score (nSPS) is 34.0. The molecule has 1 aliphatic carbocycles. The van der Waals surface area contributed by atoms with Crippen LogP contribution in [0.2, 0.25) is 0 Å². The van der Waals surface area contributed by atoms with Gasteiger partial charge in [0.25, 0.3) is 0 Å². The van der Waals surface area contributed by atoms with Crippen LogP contribution < -0.4 is 0 Å². The number of aliphatic carboxylic acids is 1. The largest absolute Gasteiger partial charge is 0.481 e. The molecule has 0 spiro atoms. The molecular weight excluding hydrogens is 1890 g/mol. The van der Waals surface area contributed by atoms with Crippen molar-refractivity contribution in [2.45, 2.75) is 298 Å². The molecule has 145 heavy (non-hydrogen) atoms. The lowest BCUT2D eigenvalue weighted by atomic mass is 9.94. The third kappa shape index (κ3) is 20.4. The van der Waals surface area contributed by atoms with E-state index in [9.17, 15) is 101 Å². The summed E-state index contributed by atoms with van der Waals surface area (Å²) in [5.74, 6) is -2.88. The highest BCUT2D eigenvalue weighted by Crippen LogP contribution is 2.47. The number of aliphatic imine (C=N–C) groups is 2. The number of nitrogens with one attached hydrogen (secondary N) is 3. The van der Waals surface area contributed by atoms with Crippen LogP contribution >= 0.6 is 0 Å². The van der Waals surface area contributed by atoms with E-state index in [2.05, 4.69) is 61.2 Å². The number of ether oxygens (including phenoxy) is 14. The highest BCUT2D eigenvalue weighted by Gasteiger charge is 2.60. The molecule has 28 aliphatic rings. The summed E-state index contributed by atoms with van der Waals surface area (Å²) in [5.41, 5.74) is 23.7. The zero-order valence-corrected chi connectivity index (χ0v) is 81.3. The number of H-pyrrole nitrogens is 3. The topological polar surface area (TPSA) is 622 Å². The summed E-state index contributed by atoms with van der Waals surface area (Å²) in [6, 6.07) is 7.36. The monoisotopic (exact) mass is 2020 g/mol. The number of esters is 2. The number of hydrogen-bond acceptors (Lipinski definition) is 37. The van der Waals surface area contributed by atoms with Gasteiger partial charge in [-0.1, -0.05) is 57.5 Å². The molecule has 32 rings (SSSR count). The molecule has 41 nitrogen and oxygen atoms in total. The Balaban J connectivity index is 0.640. The van der Waals surface area contributed by atoms with Crippen molar-refractivity contribution in [3.8, 4) is 0 Å². The van der Waals surface area contributed by atoms with E-state index in [1.807, 2.05) is 84.0 Å². The van der Waals surface area contributed by atoms with Crippen LogP contribution in [0.5, 0.6) is 0 Å². The lowest BCUT2D eigenvalue weighted by Crippen LogP contribution is -2.69. The number of aliphatic hydroxyl groups excluding tert-OH is 16. The Hall–Kier alpha value is -10.3. The van der Waals surface area contributed by atoms with E-state index in [0.29, 0.717) is 97.4 Å². The van der Waals surface area contributed by atoms with Crippen LogP contribution in [0.15, 0.2) is 135 Å².